The van der Waals surface area contributed by atoms with Gasteiger partial charge in [0.2, 0.25) is 0 Å². The van der Waals surface area contributed by atoms with Crippen LogP contribution in [0.2, 0.25) is 0 Å². The third kappa shape index (κ3) is 0.974. The van der Waals surface area contributed by atoms with E-state index in [1.807, 2.05) is 24.0 Å². The number of hydrogen-bond donors (Lipinski definition) is 0. The second-order valence-electron chi connectivity index (χ2n) is 2.17. The summed E-state index contributed by atoms with van der Waals surface area (Å²) < 4.78 is 1.21. The first-order chi connectivity index (χ1) is 4.88. The molecule has 0 atom stereocenters. The number of hydrogen-bond acceptors (Lipinski definition) is 2. The normalized spacial score (nSPS) is 15.3. The summed E-state index contributed by atoms with van der Waals surface area (Å²) in [5, 5.41) is 1.20. The first-order valence-corrected chi connectivity index (χ1v) is 4.92. The van der Waals surface area contributed by atoms with E-state index >= 15 is 0 Å². The van der Waals surface area contributed by atoms with E-state index in [-0.39, 0.29) is 0 Å². The zero-order chi connectivity index (χ0) is 6.97. The summed E-state index contributed by atoms with van der Waals surface area (Å²) in [6.07, 6.45) is 3.01. The summed E-state index contributed by atoms with van der Waals surface area (Å²) in [5.74, 6) is 1.19. The highest BCUT2D eigenvalue weighted by molar-refractivity contribution is 9.10. The van der Waals surface area contributed by atoms with Gasteiger partial charge in [0.25, 0.3) is 0 Å². The molecule has 0 amide bonds. The molecular weight excluding hydrogens is 210 g/mol. The predicted octanol–water partition coefficient (Wildman–Crippen LogP) is 2.49. The van der Waals surface area contributed by atoms with E-state index < -0.39 is 0 Å². The van der Waals surface area contributed by atoms with Crippen molar-refractivity contribution >= 4 is 27.7 Å². The minimum absolute atomic E-state index is 1.16. The monoisotopic (exact) mass is 215 g/mol. The van der Waals surface area contributed by atoms with E-state index in [0.717, 1.165) is 6.42 Å². The third-order valence-electron chi connectivity index (χ3n) is 1.55. The van der Waals surface area contributed by atoms with Crippen LogP contribution in [0.4, 0.5) is 0 Å². The van der Waals surface area contributed by atoms with Crippen molar-refractivity contribution in [1.29, 1.82) is 0 Å². The van der Waals surface area contributed by atoms with E-state index in [4.69, 9.17) is 0 Å². The second kappa shape index (κ2) is 2.55. The smallest absolute Gasteiger partial charge is 0.100 e. The summed E-state index contributed by atoms with van der Waals surface area (Å²) in [7, 11) is 0. The molecule has 0 saturated carbocycles. The largest absolute Gasteiger partial charge is 0.250 e. The Morgan fingerprint density at radius 2 is 2.50 bits per heavy atom. The Balaban J connectivity index is 2.59. The molecule has 0 fully saturated rings. The van der Waals surface area contributed by atoms with E-state index in [2.05, 4.69) is 20.9 Å². The van der Waals surface area contributed by atoms with Gasteiger partial charge in [-0.15, -0.1) is 11.8 Å². The molecule has 52 valence electrons. The van der Waals surface area contributed by atoms with Crippen LogP contribution in [0.15, 0.2) is 21.8 Å². The highest BCUT2D eigenvalue weighted by Gasteiger charge is 2.14. The molecule has 10 heavy (non-hydrogen) atoms. The molecule has 0 aliphatic carbocycles. The van der Waals surface area contributed by atoms with Gasteiger partial charge in [0.05, 0.1) is 0 Å². The number of thioether (sulfide) groups is 1. The van der Waals surface area contributed by atoms with Gasteiger partial charge in [-0.1, -0.05) is 15.9 Å². The minimum atomic E-state index is 1.16. The number of pyridine rings is 1. The van der Waals surface area contributed by atoms with Gasteiger partial charge >= 0.3 is 0 Å². The standard InChI is InChI=1S/C7H6BrNS/c8-6-1-3-9-7-5(6)2-4-10-7/h1,3H,2,4H2. The Labute approximate surface area is 72.4 Å². The first kappa shape index (κ1) is 6.68. The lowest BCUT2D eigenvalue weighted by Gasteiger charge is -1.96. The lowest BCUT2D eigenvalue weighted by Crippen LogP contribution is -1.84. The van der Waals surface area contributed by atoms with Gasteiger partial charge < -0.3 is 0 Å². The maximum Gasteiger partial charge on any atom is 0.100 e. The molecule has 2 rings (SSSR count). The predicted molar refractivity (Wildman–Crippen MR) is 46.4 cm³/mol. The van der Waals surface area contributed by atoms with Crippen LogP contribution in [-0.2, 0) is 6.42 Å². The number of rotatable bonds is 0. The van der Waals surface area contributed by atoms with Crippen molar-refractivity contribution in [3.05, 3.63) is 22.3 Å². The Hall–Kier alpha value is -0.0200. The maximum atomic E-state index is 4.25. The van der Waals surface area contributed by atoms with Crippen LogP contribution in [0.25, 0.3) is 0 Å². The average Bonchev–Trinajstić information content (AvgIpc) is 2.36. The molecule has 3 heteroatoms. The van der Waals surface area contributed by atoms with Crippen LogP contribution in [0.5, 0.6) is 0 Å². The zero-order valence-electron chi connectivity index (χ0n) is 5.30. The summed E-state index contributed by atoms with van der Waals surface area (Å²) in [4.78, 5) is 4.25. The molecule has 1 aromatic rings. The molecule has 2 heterocycles. The zero-order valence-corrected chi connectivity index (χ0v) is 7.70. The number of nitrogens with zero attached hydrogens (tertiary/aromatic N) is 1. The summed E-state index contributed by atoms with van der Waals surface area (Å²) in [6.45, 7) is 0. The summed E-state index contributed by atoms with van der Waals surface area (Å²) in [5.41, 5.74) is 1.38. The number of aromatic nitrogens is 1. The summed E-state index contributed by atoms with van der Waals surface area (Å²) in [6, 6.07) is 2.00. The van der Waals surface area contributed by atoms with Crippen LogP contribution in [0.1, 0.15) is 5.56 Å². The van der Waals surface area contributed by atoms with Crippen molar-refractivity contribution < 1.29 is 0 Å². The third-order valence-corrected chi connectivity index (χ3v) is 3.33. The fourth-order valence-electron chi connectivity index (χ4n) is 1.05. The van der Waals surface area contributed by atoms with Crippen molar-refractivity contribution in [2.75, 3.05) is 5.75 Å². The SMILES string of the molecule is Brc1ccnc2c1CCS2. The Kier molecular flexibility index (Phi) is 1.70. The average molecular weight is 216 g/mol. The highest BCUT2D eigenvalue weighted by atomic mass is 79.9. The van der Waals surface area contributed by atoms with Crippen LogP contribution in [-0.4, -0.2) is 10.7 Å². The lowest BCUT2D eigenvalue weighted by atomic mass is 10.2. The molecule has 1 aliphatic heterocycles. The van der Waals surface area contributed by atoms with Crippen LogP contribution in [0.3, 0.4) is 0 Å². The molecule has 0 saturated heterocycles. The van der Waals surface area contributed by atoms with Gasteiger partial charge in [0.15, 0.2) is 0 Å². The molecule has 1 nitrogen and oxygen atoms in total. The molecule has 1 aromatic heterocycles. The van der Waals surface area contributed by atoms with Crippen molar-refractivity contribution in [2.24, 2.45) is 0 Å². The number of fused-ring (bicyclic) bond motifs is 1. The Morgan fingerprint density at radius 3 is 3.30 bits per heavy atom. The van der Waals surface area contributed by atoms with Gasteiger partial charge in [0.1, 0.15) is 5.03 Å². The van der Waals surface area contributed by atoms with Gasteiger partial charge in [-0.2, -0.15) is 0 Å². The summed E-state index contributed by atoms with van der Waals surface area (Å²) >= 11 is 5.33. The van der Waals surface area contributed by atoms with E-state index in [1.165, 1.54) is 20.8 Å². The van der Waals surface area contributed by atoms with Crippen molar-refractivity contribution in [3.63, 3.8) is 0 Å². The van der Waals surface area contributed by atoms with Crippen molar-refractivity contribution in [3.8, 4) is 0 Å². The van der Waals surface area contributed by atoms with Gasteiger partial charge in [0, 0.05) is 16.4 Å². The molecular formula is C7H6BrNS. The molecule has 0 aromatic carbocycles. The Morgan fingerprint density at radius 1 is 1.60 bits per heavy atom. The van der Waals surface area contributed by atoms with Crippen molar-refractivity contribution in [2.45, 2.75) is 11.4 Å². The van der Waals surface area contributed by atoms with Gasteiger partial charge in [-0.3, -0.25) is 0 Å². The first-order valence-electron chi connectivity index (χ1n) is 3.14. The van der Waals surface area contributed by atoms with E-state index in [9.17, 15) is 0 Å². The molecule has 1 aliphatic rings. The van der Waals surface area contributed by atoms with Gasteiger partial charge in [-0.05, 0) is 18.1 Å². The second-order valence-corrected chi connectivity index (χ2v) is 4.11. The van der Waals surface area contributed by atoms with Crippen molar-refractivity contribution in [1.82, 2.24) is 4.98 Å². The Bertz CT molecular complexity index is 262. The van der Waals surface area contributed by atoms with Crippen LogP contribution in [0, 0.1) is 0 Å². The highest BCUT2D eigenvalue weighted by Crippen LogP contribution is 2.33. The minimum Gasteiger partial charge on any atom is -0.250 e. The molecule has 0 bridgehead atoms. The molecule has 0 N–H and O–H groups in total. The topological polar surface area (TPSA) is 12.9 Å². The number of halogens is 1. The fourth-order valence-corrected chi connectivity index (χ4v) is 2.71. The fraction of sp³-hybridized carbons (Fsp3) is 0.286. The molecule has 0 unspecified atom stereocenters. The molecule has 0 spiro atoms. The molecule has 0 radical (unpaired) electrons. The van der Waals surface area contributed by atoms with Crippen LogP contribution < -0.4 is 0 Å². The lowest BCUT2D eigenvalue weighted by molar-refractivity contribution is 1.03. The quantitative estimate of drug-likeness (QED) is 0.660. The van der Waals surface area contributed by atoms with Crippen LogP contribution >= 0.6 is 27.7 Å². The van der Waals surface area contributed by atoms with E-state index in [0.29, 0.717) is 0 Å². The van der Waals surface area contributed by atoms with Gasteiger partial charge in [-0.25, -0.2) is 4.98 Å². The van der Waals surface area contributed by atoms with E-state index in [1.54, 1.807) is 0 Å². The maximum absolute atomic E-state index is 4.25.